The van der Waals surface area contributed by atoms with Gasteiger partial charge in [0.05, 0.1) is 31.4 Å². The van der Waals surface area contributed by atoms with E-state index in [2.05, 4.69) is 10.1 Å². The summed E-state index contributed by atoms with van der Waals surface area (Å²) < 4.78 is 20.4. The topological polar surface area (TPSA) is 100 Å². The Labute approximate surface area is 168 Å². The maximum Gasteiger partial charge on any atom is 0.339 e. The molecule has 0 heterocycles. The van der Waals surface area contributed by atoms with Crippen LogP contribution in [0, 0.1) is 0 Å². The summed E-state index contributed by atoms with van der Waals surface area (Å²) in [4.78, 5) is 35.7. The molecule has 2 aromatic carbocycles. The molecule has 0 radical (unpaired) electrons. The number of ether oxygens (including phenoxy) is 4. The van der Waals surface area contributed by atoms with Gasteiger partial charge in [0.25, 0.3) is 5.91 Å². The normalized spacial score (nSPS) is 10.0. The third-order valence-corrected chi connectivity index (χ3v) is 3.71. The van der Waals surface area contributed by atoms with E-state index < -0.39 is 24.5 Å². The van der Waals surface area contributed by atoms with Crippen LogP contribution in [0.2, 0.25) is 0 Å². The zero-order valence-electron chi connectivity index (χ0n) is 16.3. The van der Waals surface area contributed by atoms with Crippen molar-refractivity contribution in [1.29, 1.82) is 0 Å². The van der Waals surface area contributed by atoms with Crippen LogP contribution >= 0.6 is 0 Å². The quantitative estimate of drug-likeness (QED) is 0.481. The first kappa shape index (κ1) is 21.7. The Kier molecular flexibility index (Phi) is 8.50. The summed E-state index contributed by atoms with van der Waals surface area (Å²) in [6, 6.07) is 13.2. The van der Waals surface area contributed by atoms with Gasteiger partial charge in [0, 0.05) is 0 Å². The number of rotatable bonds is 10. The maximum absolute atomic E-state index is 12.1. The van der Waals surface area contributed by atoms with E-state index in [1.54, 1.807) is 36.4 Å². The minimum Gasteiger partial charge on any atom is -0.494 e. The monoisotopic (exact) mass is 401 g/mol. The van der Waals surface area contributed by atoms with Crippen LogP contribution in [0.15, 0.2) is 48.5 Å². The Morgan fingerprint density at radius 1 is 0.862 bits per heavy atom. The average molecular weight is 401 g/mol. The van der Waals surface area contributed by atoms with Crippen LogP contribution in [0.5, 0.6) is 11.5 Å². The second kappa shape index (κ2) is 11.3. The molecule has 0 unspecified atom stereocenters. The van der Waals surface area contributed by atoms with Crippen molar-refractivity contribution in [3.63, 3.8) is 0 Å². The van der Waals surface area contributed by atoms with Gasteiger partial charge in [-0.2, -0.15) is 0 Å². The molecule has 0 bridgehead atoms. The molecule has 0 saturated carbocycles. The van der Waals surface area contributed by atoms with Crippen molar-refractivity contribution in [1.82, 2.24) is 5.32 Å². The second-order valence-electron chi connectivity index (χ2n) is 5.72. The molecule has 1 N–H and O–H groups in total. The first-order valence-electron chi connectivity index (χ1n) is 9.02. The molecule has 0 aliphatic carbocycles. The van der Waals surface area contributed by atoms with Crippen molar-refractivity contribution in [3.05, 3.63) is 59.7 Å². The Morgan fingerprint density at radius 3 is 2.03 bits per heavy atom. The van der Waals surface area contributed by atoms with E-state index in [1.165, 1.54) is 19.2 Å². The third-order valence-electron chi connectivity index (χ3n) is 3.71. The van der Waals surface area contributed by atoms with E-state index in [4.69, 9.17) is 14.2 Å². The van der Waals surface area contributed by atoms with Gasteiger partial charge in [-0.1, -0.05) is 12.1 Å². The van der Waals surface area contributed by atoms with Gasteiger partial charge < -0.3 is 24.3 Å². The van der Waals surface area contributed by atoms with Crippen LogP contribution in [0.25, 0.3) is 0 Å². The lowest BCUT2D eigenvalue weighted by Crippen LogP contribution is -2.32. The van der Waals surface area contributed by atoms with E-state index in [0.29, 0.717) is 12.4 Å². The van der Waals surface area contributed by atoms with Crippen molar-refractivity contribution in [3.8, 4) is 11.5 Å². The van der Waals surface area contributed by atoms with Gasteiger partial charge in [-0.15, -0.1) is 0 Å². The fourth-order valence-electron chi connectivity index (χ4n) is 2.37. The lowest BCUT2D eigenvalue weighted by Gasteiger charge is -2.10. The highest BCUT2D eigenvalue weighted by Crippen LogP contribution is 2.17. The molecule has 1 amide bonds. The molecule has 8 nitrogen and oxygen atoms in total. The molecule has 2 rings (SSSR count). The second-order valence-corrected chi connectivity index (χ2v) is 5.72. The zero-order chi connectivity index (χ0) is 21.1. The van der Waals surface area contributed by atoms with Gasteiger partial charge >= 0.3 is 11.9 Å². The highest BCUT2D eigenvalue weighted by atomic mass is 16.5. The fourth-order valence-corrected chi connectivity index (χ4v) is 2.37. The summed E-state index contributed by atoms with van der Waals surface area (Å²) in [5.74, 6) is -0.526. The van der Waals surface area contributed by atoms with Crippen LogP contribution in [0.3, 0.4) is 0 Å². The molecule has 8 heteroatoms. The van der Waals surface area contributed by atoms with Crippen LogP contribution < -0.4 is 14.8 Å². The highest BCUT2D eigenvalue weighted by Gasteiger charge is 2.18. The van der Waals surface area contributed by atoms with Gasteiger partial charge in [0.15, 0.2) is 6.61 Å². The molecule has 0 saturated heterocycles. The lowest BCUT2D eigenvalue weighted by molar-refractivity contribution is -0.124. The molecule has 0 aliphatic rings. The Morgan fingerprint density at radius 2 is 1.45 bits per heavy atom. The molecular weight excluding hydrogens is 378 g/mol. The number of carbonyl (C=O) groups is 3. The number of hydrogen-bond donors (Lipinski definition) is 1. The van der Waals surface area contributed by atoms with E-state index in [-0.39, 0.29) is 24.3 Å². The average Bonchev–Trinajstić information content (AvgIpc) is 2.75. The number of amides is 1. The summed E-state index contributed by atoms with van der Waals surface area (Å²) in [5, 5.41) is 2.58. The number of esters is 2. The number of carbonyl (C=O) groups excluding carboxylic acids is 3. The predicted molar refractivity (Wildman–Crippen MR) is 104 cm³/mol. The summed E-state index contributed by atoms with van der Waals surface area (Å²) in [7, 11) is 1.22. The van der Waals surface area contributed by atoms with Gasteiger partial charge in [0.1, 0.15) is 18.1 Å². The van der Waals surface area contributed by atoms with Gasteiger partial charge in [-0.3, -0.25) is 4.79 Å². The van der Waals surface area contributed by atoms with Crippen LogP contribution in [-0.2, 0) is 14.3 Å². The van der Waals surface area contributed by atoms with E-state index in [0.717, 1.165) is 5.75 Å². The standard InChI is InChI=1S/C21H23NO7/c1-3-27-15-8-10-16(11-9-15)28-13-12-22-19(23)14-29-21(25)18-7-5-4-6-17(18)20(24)26-2/h4-11H,3,12-14H2,1-2H3,(H,22,23). The molecule has 0 aromatic heterocycles. The van der Waals surface area contributed by atoms with Crippen LogP contribution in [0.1, 0.15) is 27.6 Å². The number of nitrogens with one attached hydrogen (secondary N) is 1. The van der Waals surface area contributed by atoms with E-state index in [1.807, 2.05) is 6.92 Å². The maximum atomic E-state index is 12.1. The number of benzene rings is 2. The molecule has 0 fully saturated rings. The SMILES string of the molecule is CCOc1ccc(OCCNC(=O)COC(=O)c2ccccc2C(=O)OC)cc1. The number of hydrogen-bond acceptors (Lipinski definition) is 7. The summed E-state index contributed by atoms with van der Waals surface area (Å²) in [5.41, 5.74) is 0.107. The smallest absolute Gasteiger partial charge is 0.339 e. The molecule has 0 spiro atoms. The zero-order valence-corrected chi connectivity index (χ0v) is 16.3. The minimum absolute atomic E-state index is 0.0333. The summed E-state index contributed by atoms with van der Waals surface area (Å²) in [6.45, 7) is 2.51. The van der Waals surface area contributed by atoms with Crippen molar-refractivity contribution in [2.45, 2.75) is 6.92 Å². The summed E-state index contributed by atoms with van der Waals surface area (Å²) in [6.07, 6.45) is 0. The summed E-state index contributed by atoms with van der Waals surface area (Å²) >= 11 is 0. The van der Waals surface area contributed by atoms with E-state index in [9.17, 15) is 14.4 Å². The third kappa shape index (κ3) is 6.84. The molecule has 29 heavy (non-hydrogen) atoms. The van der Waals surface area contributed by atoms with Crippen molar-refractivity contribution in [2.75, 3.05) is 33.5 Å². The lowest BCUT2D eigenvalue weighted by atomic mass is 10.1. The van der Waals surface area contributed by atoms with E-state index >= 15 is 0 Å². The van der Waals surface area contributed by atoms with Gasteiger partial charge in [0.2, 0.25) is 0 Å². The fraction of sp³-hybridized carbons (Fsp3) is 0.286. The van der Waals surface area contributed by atoms with Crippen LogP contribution in [0.4, 0.5) is 0 Å². The first-order valence-corrected chi connectivity index (χ1v) is 9.02. The Balaban J connectivity index is 1.72. The Hall–Kier alpha value is -3.55. The van der Waals surface area contributed by atoms with Crippen molar-refractivity contribution in [2.24, 2.45) is 0 Å². The largest absolute Gasteiger partial charge is 0.494 e. The van der Waals surface area contributed by atoms with Gasteiger partial charge in [-0.05, 0) is 43.3 Å². The minimum atomic E-state index is -0.785. The van der Waals surface area contributed by atoms with Crippen molar-refractivity contribution >= 4 is 17.8 Å². The Bertz CT molecular complexity index is 833. The van der Waals surface area contributed by atoms with Crippen molar-refractivity contribution < 1.29 is 33.3 Å². The highest BCUT2D eigenvalue weighted by molar-refractivity contribution is 6.03. The van der Waals surface area contributed by atoms with Gasteiger partial charge in [-0.25, -0.2) is 9.59 Å². The van der Waals surface area contributed by atoms with Crippen LogP contribution in [-0.4, -0.2) is 51.3 Å². The molecular formula is C21H23NO7. The predicted octanol–water partition coefficient (Wildman–Crippen LogP) is 2.22. The molecule has 154 valence electrons. The molecule has 2 aromatic rings. The number of methoxy groups -OCH3 is 1. The first-order chi connectivity index (χ1) is 14.0. The molecule has 0 aliphatic heterocycles. The molecule has 0 atom stereocenters.